The van der Waals surface area contributed by atoms with Gasteiger partial charge in [0.1, 0.15) is 0 Å². The molecule has 8 nitrogen and oxygen atoms in total. The van der Waals surface area contributed by atoms with Crippen LogP contribution >= 0.6 is 0 Å². The van der Waals surface area contributed by atoms with Crippen molar-refractivity contribution in [2.24, 2.45) is 5.92 Å². The van der Waals surface area contributed by atoms with Crippen LogP contribution in [0.1, 0.15) is 28.9 Å². The maximum Gasteiger partial charge on any atom is 0.308 e. The second kappa shape index (κ2) is 7.71. The Morgan fingerprint density at radius 2 is 2.04 bits per heavy atom. The van der Waals surface area contributed by atoms with Gasteiger partial charge in [-0.05, 0) is 25.0 Å². The molecule has 0 saturated carbocycles. The SMILES string of the molecule is COC(=O)C1CCN(C(=O)c2ccnc(CNS(C)(=O)=O)c2)CC1. The molecule has 132 valence electrons. The van der Waals surface area contributed by atoms with E-state index in [0.29, 0.717) is 37.2 Å². The van der Waals surface area contributed by atoms with Gasteiger partial charge in [0, 0.05) is 24.8 Å². The van der Waals surface area contributed by atoms with E-state index in [4.69, 9.17) is 4.74 Å². The van der Waals surface area contributed by atoms with Crippen LogP contribution in [0.25, 0.3) is 0 Å². The van der Waals surface area contributed by atoms with Crippen LogP contribution in [0.15, 0.2) is 18.3 Å². The highest BCUT2D eigenvalue weighted by Crippen LogP contribution is 2.20. The van der Waals surface area contributed by atoms with E-state index < -0.39 is 10.0 Å². The molecule has 1 amide bonds. The highest BCUT2D eigenvalue weighted by molar-refractivity contribution is 7.88. The van der Waals surface area contributed by atoms with Crippen LogP contribution in [-0.4, -0.2) is 56.6 Å². The van der Waals surface area contributed by atoms with E-state index >= 15 is 0 Å². The monoisotopic (exact) mass is 355 g/mol. The predicted octanol–water partition coefficient (Wildman–Crippen LogP) is 0.156. The number of rotatable bonds is 5. The van der Waals surface area contributed by atoms with Crippen molar-refractivity contribution < 1.29 is 22.7 Å². The van der Waals surface area contributed by atoms with E-state index in [1.54, 1.807) is 17.0 Å². The van der Waals surface area contributed by atoms with Crippen molar-refractivity contribution in [3.63, 3.8) is 0 Å². The van der Waals surface area contributed by atoms with E-state index in [1.165, 1.54) is 13.3 Å². The minimum atomic E-state index is -3.32. The van der Waals surface area contributed by atoms with Gasteiger partial charge >= 0.3 is 5.97 Å². The molecule has 0 spiro atoms. The van der Waals surface area contributed by atoms with Crippen molar-refractivity contribution in [1.29, 1.82) is 0 Å². The normalized spacial score (nSPS) is 16.0. The lowest BCUT2D eigenvalue weighted by atomic mass is 9.96. The number of nitrogens with one attached hydrogen (secondary N) is 1. The van der Waals surface area contributed by atoms with Crippen molar-refractivity contribution in [3.05, 3.63) is 29.6 Å². The summed E-state index contributed by atoms with van der Waals surface area (Å²) in [5, 5.41) is 0. The third kappa shape index (κ3) is 5.00. The Hall–Kier alpha value is -2.00. The zero-order valence-electron chi connectivity index (χ0n) is 13.7. The summed E-state index contributed by atoms with van der Waals surface area (Å²) in [6.45, 7) is 1.00. The quantitative estimate of drug-likeness (QED) is 0.754. The summed E-state index contributed by atoms with van der Waals surface area (Å²) in [6, 6.07) is 3.17. The molecule has 2 heterocycles. The first-order chi connectivity index (χ1) is 11.3. The van der Waals surface area contributed by atoms with E-state index in [2.05, 4.69) is 9.71 Å². The maximum absolute atomic E-state index is 12.5. The van der Waals surface area contributed by atoms with Gasteiger partial charge in [-0.2, -0.15) is 0 Å². The number of pyridine rings is 1. The van der Waals surface area contributed by atoms with Gasteiger partial charge in [0.05, 0.1) is 31.5 Å². The van der Waals surface area contributed by atoms with Gasteiger partial charge < -0.3 is 9.64 Å². The summed E-state index contributed by atoms with van der Waals surface area (Å²) < 4.78 is 29.3. The number of carbonyl (C=O) groups is 2. The van der Waals surface area contributed by atoms with Crippen LogP contribution in [0.4, 0.5) is 0 Å². The number of nitrogens with zero attached hydrogens (tertiary/aromatic N) is 2. The fraction of sp³-hybridized carbons (Fsp3) is 0.533. The van der Waals surface area contributed by atoms with Gasteiger partial charge in [-0.3, -0.25) is 14.6 Å². The summed E-state index contributed by atoms with van der Waals surface area (Å²) in [5.41, 5.74) is 0.919. The second-order valence-electron chi connectivity index (χ2n) is 5.72. The number of ether oxygens (including phenoxy) is 1. The Kier molecular flexibility index (Phi) is 5.89. The van der Waals surface area contributed by atoms with Gasteiger partial charge in [0.2, 0.25) is 10.0 Å². The van der Waals surface area contributed by atoms with Gasteiger partial charge in [-0.1, -0.05) is 0 Å². The summed E-state index contributed by atoms with van der Waals surface area (Å²) in [5.74, 6) is -0.549. The van der Waals surface area contributed by atoms with Gasteiger partial charge in [0.15, 0.2) is 0 Å². The van der Waals surface area contributed by atoms with Crippen LogP contribution in [0.5, 0.6) is 0 Å². The predicted molar refractivity (Wildman–Crippen MR) is 86.6 cm³/mol. The number of sulfonamides is 1. The minimum absolute atomic E-state index is 0.0321. The molecule has 1 aliphatic rings. The lowest BCUT2D eigenvalue weighted by Gasteiger charge is -2.30. The van der Waals surface area contributed by atoms with Crippen molar-refractivity contribution in [1.82, 2.24) is 14.6 Å². The first-order valence-electron chi connectivity index (χ1n) is 7.57. The summed E-state index contributed by atoms with van der Waals surface area (Å²) in [4.78, 5) is 29.8. The second-order valence-corrected chi connectivity index (χ2v) is 7.55. The Morgan fingerprint density at radius 3 is 2.62 bits per heavy atom. The molecule has 0 unspecified atom stereocenters. The first-order valence-corrected chi connectivity index (χ1v) is 9.46. The maximum atomic E-state index is 12.5. The molecule has 2 rings (SSSR count). The zero-order valence-corrected chi connectivity index (χ0v) is 14.5. The largest absolute Gasteiger partial charge is 0.469 e. The molecule has 24 heavy (non-hydrogen) atoms. The molecule has 1 fully saturated rings. The molecular formula is C15H21N3O5S. The van der Waals surface area contributed by atoms with Crippen LogP contribution < -0.4 is 4.72 Å². The third-order valence-electron chi connectivity index (χ3n) is 3.90. The molecule has 9 heteroatoms. The average molecular weight is 355 g/mol. The Balaban J connectivity index is 1.99. The number of piperidine rings is 1. The molecule has 1 N–H and O–H groups in total. The Morgan fingerprint density at radius 1 is 1.38 bits per heavy atom. The molecule has 0 atom stereocenters. The average Bonchev–Trinajstić information content (AvgIpc) is 2.58. The number of esters is 1. The topological polar surface area (TPSA) is 106 Å². The lowest BCUT2D eigenvalue weighted by molar-refractivity contribution is -0.146. The number of carbonyl (C=O) groups excluding carboxylic acids is 2. The number of hydrogen-bond donors (Lipinski definition) is 1. The lowest BCUT2D eigenvalue weighted by Crippen LogP contribution is -2.40. The highest BCUT2D eigenvalue weighted by atomic mass is 32.2. The van der Waals surface area contributed by atoms with E-state index in [-0.39, 0.29) is 24.3 Å². The number of aromatic nitrogens is 1. The molecular weight excluding hydrogens is 334 g/mol. The number of methoxy groups -OCH3 is 1. The Labute approximate surface area is 141 Å². The molecule has 1 aromatic heterocycles. The van der Waals surface area contributed by atoms with Crippen molar-refractivity contribution in [2.75, 3.05) is 26.5 Å². The zero-order chi connectivity index (χ0) is 17.7. The highest BCUT2D eigenvalue weighted by Gasteiger charge is 2.28. The minimum Gasteiger partial charge on any atom is -0.469 e. The fourth-order valence-corrected chi connectivity index (χ4v) is 2.99. The van der Waals surface area contributed by atoms with Crippen LogP contribution in [0.3, 0.4) is 0 Å². The van der Waals surface area contributed by atoms with Gasteiger partial charge in [-0.25, -0.2) is 13.1 Å². The van der Waals surface area contributed by atoms with Gasteiger partial charge in [0.25, 0.3) is 5.91 Å². The van der Waals surface area contributed by atoms with Gasteiger partial charge in [-0.15, -0.1) is 0 Å². The molecule has 0 bridgehead atoms. The van der Waals surface area contributed by atoms with Crippen molar-refractivity contribution in [3.8, 4) is 0 Å². The van der Waals surface area contributed by atoms with E-state index in [9.17, 15) is 18.0 Å². The molecule has 1 aliphatic heterocycles. The molecule has 1 saturated heterocycles. The van der Waals surface area contributed by atoms with Crippen molar-refractivity contribution in [2.45, 2.75) is 19.4 Å². The molecule has 0 aliphatic carbocycles. The summed E-state index contributed by atoms with van der Waals surface area (Å²) >= 11 is 0. The first kappa shape index (κ1) is 18.3. The van der Waals surface area contributed by atoms with Crippen molar-refractivity contribution >= 4 is 21.9 Å². The summed E-state index contributed by atoms with van der Waals surface area (Å²) in [7, 11) is -1.96. The van der Waals surface area contributed by atoms with E-state index in [0.717, 1.165) is 6.26 Å². The summed E-state index contributed by atoms with van der Waals surface area (Å²) in [6.07, 6.45) is 3.69. The standard InChI is InChI=1S/C15H21N3O5S/c1-23-15(20)11-4-7-18(8-5-11)14(19)12-3-6-16-13(9-12)10-17-24(2,21)22/h3,6,9,11,17H,4-5,7-8,10H2,1-2H3. The van der Waals surface area contributed by atoms with Crippen LogP contribution in [0, 0.1) is 5.92 Å². The smallest absolute Gasteiger partial charge is 0.308 e. The van der Waals surface area contributed by atoms with Crippen LogP contribution in [-0.2, 0) is 26.1 Å². The number of hydrogen-bond acceptors (Lipinski definition) is 6. The third-order valence-corrected chi connectivity index (χ3v) is 4.56. The number of likely N-dealkylation sites (tertiary alicyclic amines) is 1. The molecule has 0 radical (unpaired) electrons. The Bertz CT molecular complexity index is 712. The molecule has 0 aromatic carbocycles. The van der Waals surface area contributed by atoms with E-state index in [1.807, 2.05) is 0 Å². The van der Waals surface area contributed by atoms with Crippen LogP contribution in [0.2, 0.25) is 0 Å². The fourth-order valence-electron chi connectivity index (χ4n) is 2.58. The molecule has 1 aromatic rings. The number of amides is 1.